The zero-order valence-electron chi connectivity index (χ0n) is 18.0. The summed E-state index contributed by atoms with van der Waals surface area (Å²) in [6, 6.07) is 3.74. The standard InChI is InChI=1S/C23H30O6/c1-20(2)11-7-12-21(3)23(20)15-14-22(27-21,28-29-23)13-10-16-8-9-17(24-4)19(26-6)18(16)25-5/h8-10,13-15H,7,11-12H2,1-6H3/b13-10+/t21-,22+,23+/m0/s1. The third kappa shape index (κ3) is 2.80. The molecule has 2 bridgehead atoms. The second-order valence-electron chi connectivity index (χ2n) is 8.78. The molecule has 0 aromatic heterocycles. The van der Waals surface area contributed by atoms with E-state index in [1.807, 2.05) is 30.4 Å². The van der Waals surface area contributed by atoms with Gasteiger partial charge in [0.15, 0.2) is 17.1 Å². The predicted octanol–water partition coefficient (Wildman–Crippen LogP) is 4.68. The van der Waals surface area contributed by atoms with E-state index in [-0.39, 0.29) is 5.41 Å². The van der Waals surface area contributed by atoms with Crippen LogP contribution >= 0.6 is 0 Å². The average Bonchev–Trinajstić information content (AvgIpc) is 2.71. The molecular weight excluding hydrogens is 372 g/mol. The fourth-order valence-corrected chi connectivity index (χ4v) is 5.09. The Morgan fingerprint density at radius 1 is 0.897 bits per heavy atom. The van der Waals surface area contributed by atoms with Crippen LogP contribution in [0.3, 0.4) is 0 Å². The molecule has 2 fully saturated rings. The van der Waals surface area contributed by atoms with Gasteiger partial charge in [0.25, 0.3) is 0 Å². The van der Waals surface area contributed by atoms with E-state index in [0.29, 0.717) is 17.2 Å². The maximum Gasteiger partial charge on any atom is 0.241 e. The molecule has 29 heavy (non-hydrogen) atoms. The van der Waals surface area contributed by atoms with E-state index in [1.165, 1.54) is 0 Å². The molecular formula is C23H30O6. The van der Waals surface area contributed by atoms with Gasteiger partial charge < -0.3 is 18.9 Å². The summed E-state index contributed by atoms with van der Waals surface area (Å²) in [5.74, 6) is 0.639. The first-order valence-corrected chi connectivity index (χ1v) is 10.0. The van der Waals surface area contributed by atoms with E-state index < -0.39 is 17.0 Å². The van der Waals surface area contributed by atoms with E-state index in [1.54, 1.807) is 21.3 Å². The molecule has 1 aromatic carbocycles. The van der Waals surface area contributed by atoms with Crippen LogP contribution in [0.25, 0.3) is 6.08 Å². The van der Waals surface area contributed by atoms with Crippen molar-refractivity contribution in [2.24, 2.45) is 5.41 Å². The van der Waals surface area contributed by atoms with Crippen molar-refractivity contribution in [3.05, 3.63) is 35.9 Å². The molecule has 4 aliphatic rings. The van der Waals surface area contributed by atoms with Crippen LogP contribution in [0.1, 0.15) is 45.6 Å². The highest BCUT2D eigenvalue weighted by molar-refractivity contribution is 5.67. The highest BCUT2D eigenvalue weighted by Gasteiger charge is 2.68. The van der Waals surface area contributed by atoms with Crippen molar-refractivity contribution in [1.82, 2.24) is 0 Å². The zero-order chi connectivity index (χ0) is 20.9. The molecule has 3 atom stereocenters. The largest absolute Gasteiger partial charge is 0.493 e. The van der Waals surface area contributed by atoms with Crippen molar-refractivity contribution < 1.29 is 28.7 Å². The summed E-state index contributed by atoms with van der Waals surface area (Å²) < 4.78 is 23.0. The quantitative estimate of drug-likeness (QED) is 0.527. The lowest BCUT2D eigenvalue weighted by Gasteiger charge is -2.64. The number of benzene rings is 1. The van der Waals surface area contributed by atoms with Crippen molar-refractivity contribution >= 4 is 6.08 Å². The summed E-state index contributed by atoms with van der Waals surface area (Å²) in [5.41, 5.74) is -0.321. The van der Waals surface area contributed by atoms with Crippen molar-refractivity contribution in [1.29, 1.82) is 0 Å². The fraction of sp³-hybridized carbons (Fsp3) is 0.565. The van der Waals surface area contributed by atoms with Crippen LogP contribution in [-0.2, 0) is 14.5 Å². The molecule has 1 saturated heterocycles. The van der Waals surface area contributed by atoms with Gasteiger partial charge in [-0.1, -0.05) is 13.8 Å². The summed E-state index contributed by atoms with van der Waals surface area (Å²) in [7, 11) is 4.78. The minimum absolute atomic E-state index is 0.0840. The molecule has 1 aromatic rings. The smallest absolute Gasteiger partial charge is 0.241 e. The van der Waals surface area contributed by atoms with Crippen LogP contribution in [0.5, 0.6) is 17.2 Å². The Morgan fingerprint density at radius 3 is 2.28 bits per heavy atom. The number of hydrogen-bond donors (Lipinski definition) is 0. The highest BCUT2D eigenvalue weighted by atomic mass is 17.3. The van der Waals surface area contributed by atoms with Crippen molar-refractivity contribution in [3.8, 4) is 17.2 Å². The molecule has 1 aliphatic carbocycles. The van der Waals surface area contributed by atoms with Gasteiger partial charge in [-0.25, -0.2) is 4.89 Å². The Hall–Kier alpha value is -2.02. The Kier molecular flexibility index (Phi) is 4.72. The van der Waals surface area contributed by atoms with Crippen molar-refractivity contribution in [3.63, 3.8) is 0 Å². The maximum absolute atomic E-state index is 6.57. The third-order valence-electron chi connectivity index (χ3n) is 6.72. The second-order valence-corrected chi connectivity index (χ2v) is 8.78. The lowest BCUT2D eigenvalue weighted by Crippen LogP contribution is -2.73. The normalized spacial score (nSPS) is 34.8. The van der Waals surface area contributed by atoms with Gasteiger partial charge in [0.1, 0.15) is 5.60 Å². The lowest BCUT2D eigenvalue weighted by atomic mass is 9.57. The van der Waals surface area contributed by atoms with Gasteiger partial charge in [0.05, 0.1) is 21.3 Å². The molecule has 0 N–H and O–H groups in total. The van der Waals surface area contributed by atoms with Crippen LogP contribution in [-0.4, -0.2) is 38.3 Å². The molecule has 3 aliphatic heterocycles. The summed E-state index contributed by atoms with van der Waals surface area (Å²) in [5, 5.41) is 0. The predicted molar refractivity (Wildman–Crippen MR) is 109 cm³/mol. The molecule has 1 spiro atoms. The topological polar surface area (TPSA) is 55.4 Å². The van der Waals surface area contributed by atoms with E-state index in [0.717, 1.165) is 24.8 Å². The summed E-state index contributed by atoms with van der Waals surface area (Å²) in [4.78, 5) is 11.9. The van der Waals surface area contributed by atoms with Crippen LogP contribution in [0.15, 0.2) is 30.4 Å². The molecule has 6 heteroatoms. The first-order chi connectivity index (χ1) is 13.8. The van der Waals surface area contributed by atoms with E-state index in [2.05, 4.69) is 26.8 Å². The van der Waals surface area contributed by atoms with Crippen LogP contribution in [0.2, 0.25) is 0 Å². The number of hydrogen-bond acceptors (Lipinski definition) is 6. The van der Waals surface area contributed by atoms with Gasteiger partial charge in [0, 0.05) is 11.0 Å². The van der Waals surface area contributed by atoms with Gasteiger partial charge in [-0.15, -0.1) is 0 Å². The van der Waals surface area contributed by atoms with Crippen molar-refractivity contribution in [2.75, 3.05) is 21.3 Å². The van der Waals surface area contributed by atoms with Gasteiger partial charge in [-0.2, -0.15) is 4.89 Å². The van der Waals surface area contributed by atoms with Crippen molar-refractivity contribution in [2.45, 2.75) is 57.0 Å². The Labute approximate surface area is 172 Å². The van der Waals surface area contributed by atoms with Gasteiger partial charge in [-0.3, -0.25) is 0 Å². The van der Waals surface area contributed by atoms with E-state index in [9.17, 15) is 0 Å². The highest BCUT2D eigenvalue weighted by Crippen LogP contribution is 2.60. The lowest BCUT2D eigenvalue weighted by molar-refractivity contribution is -0.540. The van der Waals surface area contributed by atoms with E-state index in [4.69, 9.17) is 28.7 Å². The summed E-state index contributed by atoms with van der Waals surface area (Å²) >= 11 is 0. The SMILES string of the molecule is COc1ccc(/C=C/[C@]23C=C[C@@]4(OO2)C(C)(C)CCC[C@]4(C)O3)c(OC)c1OC. The first kappa shape index (κ1) is 20.3. The minimum atomic E-state index is -1.08. The molecule has 0 radical (unpaired) electrons. The third-order valence-corrected chi connectivity index (χ3v) is 6.72. The molecule has 158 valence electrons. The number of fused-ring (bicyclic) bond motifs is 1. The number of ether oxygens (including phenoxy) is 4. The Bertz CT molecular complexity index is 859. The van der Waals surface area contributed by atoms with Crippen LogP contribution in [0, 0.1) is 5.41 Å². The minimum Gasteiger partial charge on any atom is -0.493 e. The molecule has 0 unspecified atom stereocenters. The monoisotopic (exact) mass is 402 g/mol. The Balaban J connectivity index is 1.71. The zero-order valence-corrected chi connectivity index (χ0v) is 18.0. The fourth-order valence-electron chi connectivity index (χ4n) is 5.09. The molecule has 3 heterocycles. The van der Waals surface area contributed by atoms with Crippen LogP contribution < -0.4 is 14.2 Å². The van der Waals surface area contributed by atoms with Gasteiger partial charge >= 0.3 is 0 Å². The van der Waals surface area contributed by atoms with Gasteiger partial charge in [-0.05, 0) is 62.6 Å². The van der Waals surface area contributed by atoms with Crippen LogP contribution in [0.4, 0.5) is 0 Å². The summed E-state index contributed by atoms with van der Waals surface area (Å²) in [6.45, 7) is 6.55. The molecule has 0 amide bonds. The first-order valence-electron chi connectivity index (χ1n) is 10.0. The number of methoxy groups -OCH3 is 3. The second kappa shape index (κ2) is 6.76. The summed E-state index contributed by atoms with van der Waals surface area (Å²) in [6.07, 6.45) is 10.9. The Morgan fingerprint density at radius 2 is 1.66 bits per heavy atom. The maximum atomic E-state index is 6.57. The number of rotatable bonds is 5. The molecule has 6 nitrogen and oxygen atoms in total. The average molecular weight is 402 g/mol. The van der Waals surface area contributed by atoms with E-state index >= 15 is 0 Å². The molecule has 1 saturated carbocycles. The molecule has 5 rings (SSSR count). The van der Waals surface area contributed by atoms with Gasteiger partial charge in [0.2, 0.25) is 11.5 Å².